The molecule has 1 aromatic carbocycles. The van der Waals surface area contributed by atoms with Crippen LogP contribution in [0.1, 0.15) is 57.9 Å². The monoisotopic (exact) mass is 292 g/mol. The lowest BCUT2D eigenvalue weighted by Gasteiger charge is -2.09. The molecule has 1 saturated heterocycles. The number of benzene rings is 1. The number of hydrogen-bond acceptors (Lipinski definition) is 3. The highest BCUT2D eigenvalue weighted by Gasteiger charge is 2.25. The first kappa shape index (κ1) is 17.7. The van der Waals surface area contributed by atoms with Gasteiger partial charge in [0.15, 0.2) is 6.10 Å². The van der Waals surface area contributed by atoms with Crippen LogP contribution in [-0.4, -0.2) is 18.7 Å². The maximum absolute atomic E-state index is 11.6. The van der Waals surface area contributed by atoms with E-state index in [0.717, 1.165) is 18.4 Å². The number of esters is 1. The molecule has 1 unspecified atom stereocenters. The fourth-order valence-corrected chi connectivity index (χ4v) is 2.05. The lowest BCUT2D eigenvalue weighted by atomic mass is 10.2. The number of aryl methyl sites for hydroxylation is 1. The van der Waals surface area contributed by atoms with Crippen molar-refractivity contribution in [2.75, 3.05) is 6.61 Å². The van der Waals surface area contributed by atoms with E-state index < -0.39 is 0 Å². The molecule has 0 aliphatic carbocycles. The first-order valence-electron chi connectivity index (χ1n) is 8.07. The third kappa shape index (κ3) is 7.28. The van der Waals surface area contributed by atoms with Crippen LogP contribution in [-0.2, 0) is 9.53 Å². The third-order valence-corrected chi connectivity index (χ3v) is 3.39. The van der Waals surface area contributed by atoms with Gasteiger partial charge in [0, 0.05) is 6.61 Å². The Morgan fingerprint density at radius 1 is 1.19 bits per heavy atom. The van der Waals surface area contributed by atoms with Crippen molar-refractivity contribution in [1.82, 2.24) is 0 Å². The second-order valence-corrected chi connectivity index (χ2v) is 5.44. The molecular formula is C18H28O3. The second-order valence-electron chi connectivity index (χ2n) is 5.44. The Balaban J connectivity index is 0.000000315. The molecule has 0 amide bonds. The average Bonchev–Trinajstić information content (AvgIpc) is 3.02. The van der Waals surface area contributed by atoms with Crippen molar-refractivity contribution < 1.29 is 14.3 Å². The Labute approximate surface area is 128 Å². The minimum atomic E-state index is -0.369. The van der Waals surface area contributed by atoms with Gasteiger partial charge in [-0.25, -0.2) is 4.79 Å². The molecular weight excluding hydrogens is 264 g/mol. The first-order valence-corrected chi connectivity index (χ1v) is 8.07. The van der Waals surface area contributed by atoms with Crippen molar-refractivity contribution in [3.8, 4) is 5.75 Å². The molecule has 0 bridgehead atoms. The van der Waals surface area contributed by atoms with Crippen molar-refractivity contribution in [1.29, 1.82) is 0 Å². The molecule has 0 saturated carbocycles. The standard InChI is InChI=1S/C12H14O3.C6H14/c1-9-4-6-10(7-5-9)15-12(13)11-3-2-8-14-11;1-3-5-6-4-2/h4-7,11H,2-3,8H2,1H3;3-6H2,1-2H3. The highest BCUT2D eigenvalue weighted by molar-refractivity contribution is 5.77. The summed E-state index contributed by atoms with van der Waals surface area (Å²) in [6, 6.07) is 7.42. The molecule has 1 aromatic rings. The summed E-state index contributed by atoms with van der Waals surface area (Å²) in [5.74, 6) is 0.303. The summed E-state index contributed by atoms with van der Waals surface area (Å²) in [7, 11) is 0. The van der Waals surface area contributed by atoms with Gasteiger partial charge in [0.05, 0.1) is 0 Å². The maximum atomic E-state index is 11.6. The van der Waals surface area contributed by atoms with Gasteiger partial charge in [-0.1, -0.05) is 57.2 Å². The minimum Gasteiger partial charge on any atom is -0.425 e. The molecule has 2 rings (SSSR count). The number of hydrogen-bond donors (Lipinski definition) is 0. The molecule has 1 atom stereocenters. The molecule has 1 aliphatic heterocycles. The molecule has 1 fully saturated rings. The van der Waals surface area contributed by atoms with Gasteiger partial charge in [-0.2, -0.15) is 0 Å². The summed E-state index contributed by atoms with van der Waals surface area (Å²) in [6.45, 7) is 7.12. The summed E-state index contributed by atoms with van der Waals surface area (Å²) in [5, 5.41) is 0. The van der Waals surface area contributed by atoms with E-state index in [9.17, 15) is 4.79 Å². The van der Waals surface area contributed by atoms with Crippen LogP contribution in [0.2, 0.25) is 0 Å². The van der Waals surface area contributed by atoms with Gasteiger partial charge in [-0.15, -0.1) is 0 Å². The zero-order valence-electron chi connectivity index (χ0n) is 13.6. The highest BCUT2D eigenvalue weighted by Crippen LogP contribution is 2.17. The number of unbranched alkanes of at least 4 members (excludes halogenated alkanes) is 3. The Hall–Kier alpha value is -1.35. The molecule has 0 spiro atoms. The van der Waals surface area contributed by atoms with E-state index in [1.54, 1.807) is 12.1 Å². The van der Waals surface area contributed by atoms with Crippen molar-refractivity contribution in [2.24, 2.45) is 0 Å². The summed E-state index contributed by atoms with van der Waals surface area (Å²) in [4.78, 5) is 11.6. The van der Waals surface area contributed by atoms with Crippen LogP contribution in [0.3, 0.4) is 0 Å². The van der Waals surface area contributed by atoms with E-state index in [1.165, 1.54) is 25.7 Å². The average molecular weight is 292 g/mol. The molecule has 21 heavy (non-hydrogen) atoms. The van der Waals surface area contributed by atoms with E-state index in [-0.39, 0.29) is 12.1 Å². The topological polar surface area (TPSA) is 35.5 Å². The van der Waals surface area contributed by atoms with Crippen molar-refractivity contribution in [2.45, 2.75) is 65.4 Å². The first-order chi connectivity index (χ1) is 10.2. The van der Waals surface area contributed by atoms with Crippen LogP contribution in [0.4, 0.5) is 0 Å². The van der Waals surface area contributed by atoms with E-state index in [4.69, 9.17) is 9.47 Å². The molecule has 0 aromatic heterocycles. The van der Waals surface area contributed by atoms with E-state index in [1.807, 2.05) is 19.1 Å². The van der Waals surface area contributed by atoms with Gasteiger partial charge in [0.1, 0.15) is 5.75 Å². The van der Waals surface area contributed by atoms with Gasteiger partial charge in [-0.05, 0) is 31.9 Å². The van der Waals surface area contributed by atoms with Gasteiger partial charge < -0.3 is 9.47 Å². The van der Waals surface area contributed by atoms with Crippen LogP contribution < -0.4 is 4.74 Å². The molecule has 3 nitrogen and oxygen atoms in total. The smallest absolute Gasteiger partial charge is 0.340 e. The maximum Gasteiger partial charge on any atom is 0.340 e. The number of ether oxygens (including phenoxy) is 2. The van der Waals surface area contributed by atoms with Crippen molar-refractivity contribution >= 4 is 5.97 Å². The van der Waals surface area contributed by atoms with E-state index >= 15 is 0 Å². The fraction of sp³-hybridized carbons (Fsp3) is 0.611. The van der Waals surface area contributed by atoms with Crippen LogP contribution in [0, 0.1) is 6.92 Å². The van der Waals surface area contributed by atoms with Crippen LogP contribution >= 0.6 is 0 Å². The van der Waals surface area contributed by atoms with Gasteiger partial charge in [0.25, 0.3) is 0 Å². The Kier molecular flexibility index (Phi) is 8.76. The van der Waals surface area contributed by atoms with Gasteiger partial charge in [0.2, 0.25) is 0 Å². The third-order valence-electron chi connectivity index (χ3n) is 3.39. The molecule has 0 radical (unpaired) electrons. The van der Waals surface area contributed by atoms with Crippen LogP contribution in [0.25, 0.3) is 0 Å². The zero-order valence-corrected chi connectivity index (χ0v) is 13.6. The van der Waals surface area contributed by atoms with Crippen LogP contribution in [0.5, 0.6) is 5.75 Å². The summed E-state index contributed by atoms with van der Waals surface area (Å²) < 4.78 is 10.4. The number of carbonyl (C=O) groups excluding carboxylic acids is 1. The minimum absolute atomic E-state index is 0.281. The Morgan fingerprint density at radius 2 is 1.81 bits per heavy atom. The Bertz CT molecular complexity index is 387. The lowest BCUT2D eigenvalue weighted by molar-refractivity contribution is -0.144. The molecule has 1 heterocycles. The Morgan fingerprint density at radius 3 is 2.29 bits per heavy atom. The SMILES string of the molecule is CCCCCC.Cc1ccc(OC(=O)C2CCCO2)cc1. The number of rotatable bonds is 5. The lowest BCUT2D eigenvalue weighted by Crippen LogP contribution is -2.24. The quantitative estimate of drug-likeness (QED) is 0.449. The predicted octanol–water partition coefficient (Wildman–Crippen LogP) is 4.67. The van der Waals surface area contributed by atoms with Crippen LogP contribution in [0.15, 0.2) is 24.3 Å². The summed E-state index contributed by atoms with van der Waals surface area (Å²) >= 11 is 0. The van der Waals surface area contributed by atoms with Gasteiger partial charge in [-0.3, -0.25) is 0 Å². The zero-order chi connectivity index (χ0) is 15.5. The molecule has 0 N–H and O–H groups in total. The second kappa shape index (κ2) is 10.4. The van der Waals surface area contributed by atoms with E-state index in [2.05, 4.69) is 13.8 Å². The molecule has 1 aliphatic rings. The summed E-state index contributed by atoms with van der Waals surface area (Å²) in [6.07, 6.45) is 6.87. The molecule has 118 valence electrons. The van der Waals surface area contributed by atoms with Crippen molar-refractivity contribution in [3.63, 3.8) is 0 Å². The van der Waals surface area contributed by atoms with E-state index in [0.29, 0.717) is 12.4 Å². The fourth-order valence-electron chi connectivity index (χ4n) is 2.05. The normalized spacial score (nSPS) is 17.0. The highest BCUT2D eigenvalue weighted by atomic mass is 16.6. The van der Waals surface area contributed by atoms with Crippen molar-refractivity contribution in [3.05, 3.63) is 29.8 Å². The summed E-state index contributed by atoms with van der Waals surface area (Å²) in [5.41, 5.74) is 1.15. The predicted molar refractivity (Wildman–Crippen MR) is 85.6 cm³/mol. The molecule has 3 heteroatoms. The van der Waals surface area contributed by atoms with Gasteiger partial charge >= 0.3 is 5.97 Å². The number of carbonyl (C=O) groups is 1. The largest absolute Gasteiger partial charge is 0.425 e.